The summed E-state index contributed by atoms with van der Waals surface area (Å²) in [4.78, 5) is 23.6. The van der Waals surface area contributed by atoms with Crippen molar-refractivity contribution in [1.29, 1.82) is 0 Å². The van der Waals surface area contributed by atoms with Crippen molar-refractivity contribution in [2.75, 3.05) is 17.3 Å². The monoisotopic (exact) mass is 395 g/mol. The molecule has 2 aromatic carbocycles. The van der Waals surface area contributed by atoms with E-state index in [1.54, 1.807) is 37.4 Å². The Bertz CT molecular complexity index is 1190. The van der Waals surface area contributed by atoms with Crippen molar-refractivity contribution in [3.63, 3.8) is 0 Å². The second-order valence-electron chi connectivity index (χ2n) is 6.18. The lowest BCUT2D eigenvalue weighted by molar-refractivity contribution is -0.107. The number of pyridine rings is 1. The van der Waals surface area contributed by atoms with Gasteiger partial charge in [-0.2, -0.15) is 0 Å². The van der Waals surface area contributed by atoms with E-state index in [1.165, 1.54) is 11.1 Å². The Morgan fingerprint density at radius 2 is 1.93 bits per heavy atom. The van der Waals surface area contributed by atoms with Crippen LogP contribution in [0.5, 0.6) is 11.5 Å². The number of nitrogens with one attached hydrogen (secondary N) is 2. The van der Waals surface area contributed by atoms with E-state index in [0.29, 0.717) is 34.8 Å². The summed E-state index contributed by atoms with van der Waals surface area (Å²) in [5.74, 6) is 0.571. The van der Waals surface area contributed by atoms with E-state index < -0.39 is 11.6 Å². The van der Waals surface area contributed by atoms with Crippen LogP contribution in [-0.4, -0.2) is 28.4 Å². The third kappa shape index (κ3) is 3.98. The number of amides is 1. The van der Waals surface area contributed by atoms with Gasteiger partial charge in [0.2, 0.25) is 12.4 Å². The molecule has 9 heteroatoms. The molecule has 0 unspecified atom stereocenters. The van der Waals surface area contributed by atoms with Crippen molar-refractivity contribution in [2.45, 2.75) is 0 Å². The molecule has 29 heavy (non-hydrogen) atoms. The first-order chi connectivity index (χ1) is 14.0. The number of imidazole rings is 1. The first-order valence-corrected chi connectivity index (χ1v) is 8.56. The lowest BCUT2D eigenvalue weighted by Crippen LogP contribution is -2.14. The normalized spacial score (nSPS) is 10.7. The molecule has 1 amide bonds. The second kappa shape index (κ2) is 7.55. The van der Waals surface area contributed by atoms with Crippen LogP contribution in [-0.2, 0) is 4.79 Å². The van der Waals surface area contributed by atoms with Crippen LogP contribution < -0.4 is 15.0 Å². The van der Waals surface area contributed by atoms with Crippen LogP contribution in [0.25, 0.3) is 11.0 Å². The van der Waals surface area contributed by atoms with Gasteiger partial charge in [-0.15, -0.1) is 0 Å². The van der Waals surface area contributed by atoms with E-state index in [9.17, 15) is 13.6 Å². The van der Waals surface area contributed by atoms with Crippen molar-refractivity contribution in [2.24, 2.45) is 0 Å². The fourth-order valence-corrected chi connectivity index (χ4v) is 2.68. The zero-order chi connectivity index (χ0) is 20.4. The molecule has 7 nitrogen and oxygen atoms in total. The van der Waals surface area contributed by atoms with Crippen LogP contribution in [0.4, 0.5) is 26.2 Å². The fourth-order valence-electron chi connectivity index (χ4n) is 2.68. The number of H-pyrrole nitrogens is 1. The topological polar surface area (TPSA) is 83.1 Å². The van der Waals surface area contributed by atoms with Gasteiger partial charge < -0.3 is 19.9 Å². The van der Waals surface area contributed by atoms with Crippen molar-refractivity contribution < 1.29 is 18.3 Å². The van der Waals surface area contributed by atoms with Crippen molar-refractivity contribution in [3.05, 3.63) is 66.4 Å². The number of aromatic amines is 1. The summed E-state index contributed by atoms with van der Waals surface area (Å²) < 4.78 is 33.0. The maximum atomic E-state index is 13.8. The Labute approximate surface area is 164 Å². The molecule has 2 N–H and O–H groups in total. The molecule has 0 spiro atoms. The molecule has 4 aromatic rings. The van der Waals surface area contributed by atoms with E-state index in [0.717, 1.165) is 18.2 Å². The highest BCUT2D eigenvalue weighted by atomic mass is 19.1. The van der Waals surface area contributed by atoms with Crippen LogP contribution in [0, 0.1) is 11.6 Å². The van der Waals surface area contributed by atoms with Gasteiger partial charge in [-0.1, -0.05) is 0 Å². The molecule has 0 saturated heterocycles. The van der Waals surface area contributed by atoms with Crippen LogP contribution in [0.2, 0.25) is 0 Å². The third-order valence-corrected chi connectivity index (χ3v) is 4.11. The van der Waals surface area contributed by atoms with Crippen molar-refractivity contribution in [1.82, 2.24) is 15.0 Å². The smallest absolute Gasteiger partial charge is 0.215 e. The standard InChI is InChI=1S/C20H15F2N5O2/c1-27(11-28)19-10-14(6-7-23-19)29-13-3-5-16-18(9-13)26-20(24-16)25-17-8-12(21)2-4-15(17)22/h2-11H,1H3,(H2,24,25,26). The van der Waals surface area contributed by atoms with Crippen molar-refractivity contribution in [3.8, 4) is 11.5 Å². The number of anilines is 3. The van der Waals surface area contributed by atoms with Gasteiger partial charge in [0.05, 0.1) is 16.7 Å². The third-order valence-electron chi connectivity index (χ3n) is 4.11. The average Bonchev–Trinajstić information content (AvgIpc) is 3.12. The number of carbonyl (C=O) groups is 1. The van der Waals surface area contributed by atoms with E-state index in [1.807, 2.05) is 0 Å². The number of benzene rings is 2. The second-order valence-corrected chi connectivity index (χ2v) is 6.18. The highest BCUT2D eigenvalue weighted by molar-refractivity contribution is 5.80. The summed E-state index contributed by atoms with van der Waals surface area (Å²) >= 11 is 0. The Morgan fingerprint density at radius 1 is 1.10 bits per heavy atom. The molecule has 0 aliphatic rings. The molecule has 146 valence electrons. The van der Waals surface area contributed by atoms with Gasteiger partial charge in [0, 0.05) is 31.4 Å². The molecule has 0 aliphatic heterocycles. The molecule has 2 heterocycles. The molecular weight excluding hydrogens is 380 g/mol. The molecule has 0 saturated carbocycles. The van der Waals surface area contributed by atoms with Crippen LogP contribution in [0.3, 0.4) is 0 Å². The summed E-state index contributed by atoms with van der Waals surface area (Å²) in [5.41, 5.74) is 1.23. The van der Waals surface area contributed by atoms with Gasteiger partial charge in [-0.05, 0) is 30.3 Å². The maximum Gasteiger partial charge on any atom is 0.215 e. The van der Waals surface area contributed by atoms with Crippen LogP contribution >= 0.6 is 0 Å². The summed E-state index contributed by atoms with van der Waals surface area (Å²) in [6.45, 7) is 0. The highest BCUT2D eigenvalue weighted by Gasteiger charge is 2.10. The van der Waals surface area contributed by atoms with Crippen LogP contribution in [0.15, 0.2) is 54.7 Å². The number of hydrogen-bond donors (Lipinski definition) is 2. The Kier molecular flexibility index (Phi) is 4.78. The number of aromatic nitrogens is 3. The lowest BCUT2D eigenvalue weighted by Gasteiger charge is -2.11. The molecule has 4 rings (SSSR count). The van der Waals surface area contributed by atoms with Gasteiger partial charge >= 0.3 is 0 Å². The molecule has 0 bridgehead atoms. The summed E-state index contributed by atoms with van der Waals surface area (Å²) in [5, 5.41) is 2.73. The van der Waals surface area contributed by atoms with E-state index >= 15 is 0 Å². The minimum Gasteiger partial charge on any atom is -0.457 e. The number of fused-ring (bicyclic) bond motifs is 1. The summed E-state index contributed by atoms with van der Waals surface area (Å²) in [6, 6.07) is 11.6. The minimum atomic E-state index is -0.593. The van der Waals surface area contributed by atoms with Gasteiger partial charge in [-0.3, -0.25) is 4.79 Å². The Balaban J connectivity index is 1.57. The predicted molar refractivity (Wildman–Crippen MR) is 105 cm³/mol. The van der Waals surface area contributed by atoms with Crippen molar-refractivity contribution >= 4 is 34.9 Å². The van der Waals surface area contributed by atoms with Gasteiger partial charge in [0.15, 0.2) is 0 Å². The van der Waals surface area contributed by atoms with E-state index in [-0.39, 0.29) is 11.6 Å². The molecular formula is C20H15F2N5O2. The molecule has 0 radical (unpaired) electrons. The number of hydrogen-bond acceptors (Lipinski definition) is 5. The van der Waals surface area contributed by atoms with E-state index in [2.05, 4.69) is 20.3 Å². The molecule has 0 atom stereocenters. The average molecular weight is 395 g/mol. The zero-order valence-corrected chi connectivity index (χ0v) is 15.2. The first kappa shape index (κ1) is 18.4. The SMILES string of the molecule is CN(C=O)c1cc(Oc2ccc3[nH]c(Nc4cc(F)ccc4F)nc3c2)ccn1. The molecule has 0 fully saturated rings. The molecule has 0 aliphatic carbocycles. The number of rotatable bonds is 6. The quantitative estimate of drug-likeness (QED) is 0.474. The largest absolute Gasteiger partial charge is 0.457 e. The maximum absolute atomic E-state index is 13.8. The van der Waals surface area contributed by atoms with Gasteiger partial charge in [0.1, 0.15) is 29.0 Å². The number of halogens is 2. The summed E-state index contributed by atoms with van der Waals surface area (Å²) in [6.07, 6.45) is 2.19. The Hall–Kier alpha value is -4.01. The number of carbonyl (C=O) groups excluding carboxylic acids is 1. The van der Waals surface area contributed by atoms with Gasteiger partial charge in [-0.25, -0.2) is 18.7 Å². The highest BCUT2D eigenvalue weighted by Crippen LogP contribution is 2.28. The van der Waals surface area contributed by atoms with Gasteiger partial charge in [0.25, 0.3) is 0 Å². The Morgan fingerprint density at radius 3 is 2.76 bits per heavy atom. The zero-order valence-electron chi connectivity index (χ0n) is 15.2. The number of ether oxygens (including phenoxy) is 1. The van der Waals surface area contributed by atoms with Crippen LogP contribution in [0.1, 0.15) is 0 Å². The minimum absolute atomic E-state index is 0.0239. The fraction of sp³-hybridized carbons (Fsp3) is 0.0500. The summed E-state index contributed by atoms with van der Waals surface area (Å²) in [7, 11) is 1.59. The van der Waals surface area contributed by atoms with E-state index in [4.69, 9.17) is 4.74 Å². The predicted octanol–water partition coefficient (Wildman–Crippen LogP) is 4.36. The lowest BCUT2D eigenvalue weighted by atomic mass is 10.3. The first-order valence-electron chi connectivity index (χ1n) is 8.56. The molecule has 2 aromatic heterocycles. The number of nitrogens with zero attached hydrogens (tertiary/aromatic N) is 3.